The van der Waals surface area contributed by atoms with Crippen LogP contribution in [-0.4, -0.2) is 17.0 Å². The van der Waals surface area contributed by atoms with E-state index in [9.17, 15) is 0 Å². The number of rotatable bonds is 1. The maximum absolute atomic E-state index is 6.84. The second-order valence-corrected chi connectivity index (χ2v) is 8.26. The van der Waals surface area contributed by atoms with Gasteiger partial charge in [0.05, 0.1) is 0 Å². The van der Waals surface area contributed by atoms with Crippen LogP contribution < -0.4 is 5.73 Å². The number of hydrogen-bond acceptors (Lipinski definition) is 2. The molecular weight excluding hydrogens is 214 g/mol. The van der Waals surface area contributed by atoms with Crippen LogP contribution in [0.1, 0.15) is 44.9 Å². The summed E-state index contributed by atoms with van der Waals surface area (Å²) in [5.74, 6) is 5.73. The van der Waals surface area contributed by atoms with Crippen LogP contribution in [0.15, 0.2) is 0 Å². The van der Waals surface area contributed by atoms with Gasteiger partial charge in [0, 0.05) is 11.3 Å². The highest BCUT2D eigenvalue weighted by Gasteiger charge is 2.59. The first-order chi connectivity index (χ1) is 7.69. The Morgan fingerprint density at radius 1 is 0.938 bits per heavy atom. The van der Waals surface area contributed by atoms with Crippen molar-refractivity contribution >= 4 is 11.8 Å². The van der Waals surface area contributed by atoms with E-state index in [-0.39, 0.29) is 5.54 Å². The van der Waals surface area contributed by atoms with Crippen LogP contribution in [0, 0.1) is 23.2 Å². The van der Waals surface area contributed by atoms with E-state index in [1.165, 1.54) is 37.2 Å². The average Bonchev–Trinajstić information content (AvgIpc) is 2.64. The summed E-state index contributed by atoms with van der Waals surface area (Å²) >= 11 is 2.10. The van der Waals surface area contributed by atoms with Crippen LogP contribution in [0.2, 0.25) is 0 Å². The van der Waals surface area contributed by atoms with Crippen molar-refractivity contribution in [2.24, 2.45) is 28.9 Å². The molecule has 90 valence electrons. The molecule has 1 aliphatic heterocycles. The Morgan fingerprint density at radius 3 is 1.94 bits per heavy atom. The lowest BCUT2D eigenvalue weighted by atomic mass is 9.44. The van der Waals surface area contributed by atoms with E-state index in [2.05, 4.69) is 11.8 Å². The zero-order chi connectivity index (χ0) is 10.8. The summed E-state index contributed by atoms with van der Waals surface area (Å²) in [6, 6.07) is 0. The van der Waals surface area contributed by atoms with E-state index in [1.54, 1.807) is 19.3 Å². The van der Waals surface area contributed by atoms with Crippen LogP contribution in [0.25, 0.3) is 0 Å². The first-order valence-electron chi connectivity index (χ1n) is 7.06. The van der Waals surface area contributed by atoms with E-state index in [0.29, 0.717) is 5.41 Å². The number of nitrogens with two attached hydrogens (primary N) is 1. The van der Waals surface area contributed by atoms with Gasteiger partial charge in [0.25, 0.3) is 0 Å². The van der Waals surface area contributed by atoms with Gasteiger partial charge in [-0.2, -0.15) is 11.8 Å². The van der Waals surface area contributed by atoms with Crippen LogP contribution in [0.3, 0.4) is 0 Å². The van der Waals surface area contributed by atoms with E-state index >= 15 is 0 Å². The van der Waals surface area contributed by atoms with Gasteiger partial charge in [0.15, 0.2) is 0 Å². The van der Waals surface area contributed by atoms with Gasteiger partial charge in [-0.25, -0.2) is 0 Å². The van der Waals surface area contributed by atoms with Crippen molar-refractivity contribution in [1.29, 1.82) is 0 Å². The largest absolute Gasteiger partial charge is 0.324 e. The minimum absolute atomic E-state index is 0.216. The molecule has 1 saturated heterocycles. The Labute approximate surface area is 103 Å². The predicted octanol–water partition coefficient (Wildman–Crippen LogP) is 3.04. The quantitative estimate of drug-likeness (QED) is 0.758. The summed E-state index contributed by atoms with van der Waals surface area (Å²) in [5, 5.41) is 0. The fraction of sp³-hybridized carbons (Fsp3) is 1.00. The lowest BCUT2D eigenvalue weighted by molar-refractivity contribution is -0.0909. The first kappa shape index (κ1) is 10.3. The second kappa shape index (κ2) is 3.20. The lowest BCUT2D eigenvalue weighted by Gasteiger charge is -2.62. The third kappa shape index (κ3) is 1.23. The van der Waals surface area contributed by atoms with Gasteiger partial charge in [-0.1, -0.05) is 0 Å². The van der Waals surface area contributed by atoms with Crippen molar-refractivity contribution in [1.82, 2.24) is 0 Å². The topological polar surface area (TPSA) is 26.0 Å². The molecular formula is C14H23NS. The van der Waals surface area contributed by atoms with Gasteiger partial charge >= 0.3 is 0 Å². The highest BCUT2D eigenvalue weighted by Crippen LogP contribution is 2.64. The van der Waals surface area contributed by atoms with Gasteiger partial charge in [0.1, 0.15) is 0 Å². The molecule has 2 N–H and O–H groups in total. The third-order valence-electron chi connectivity index (χ3n) is 6.15. The molecule has 1 unspecified atom stereocenters. The van der Waals surface area contributed by atoms with Crippen molar-refractivity contribution in [3.8, 4) is 0 Å². The molecule has 16 heavy (non-hydrogen) atoms. The first-order valence-corrected chi connectivity index (χ1v) is 8.21. The molecule has 5 aliphatic rings. The molecule has 4 bridgehead atoms. The Hall–Kier alpha value is 0.310. The Balaban J connectivity index is 1.70. The van der Waals surface area contributed by atoms with Crippen LogP contribution in [0.4, 0.5) is 0 Å². The summed E-state index contributed by atoms with van der Waals surface area (Å²) in [4.78, 5) is 0. The summed E-state index contributed by atoms with van der Waals surface area (Å²) in [6.45, 7) is 0. The van der Waals surface area contributed by atoms with Crippen molar-refractivity contribution < 1.29 is 0 Å². The summed E-state index contributed by atoms with van der Waals surface area (Å²) in [5.41, 5.74) is 7.63. The third-order valence-corrected chi connectivity index (χ3v) is 7.36. The van der Waals surface area contributed by atoms with Crippen molar-refractivity contribution in [2.75, 3.05) is 11.5 Å². The molecule has 1 nitrogen and oxygen atoms in total. The molecule has 1 heterocycles. The summed E-state index contributed by atoms with van der Waals surface area (Å²) in [7, 11) is 0. The fourth-order valence-electron chi connectivity index (χ4n) is 5.72. The molecule has 0 aromatic carbocycles. The maximum Gasteiger partial charge on any atom is 0.0311 e. The van der Waals surface area contributed by atoms with Crippen LogP contribution in [-0.2, 0) is 0 Å². The number of thioether (sulfide) groups is 1. The van der Waals surface area contributed by atoms with E-state index in [4.69, 9.17) is 5.73 Å². The number of hydrogen-bond donors (Lipinski definition) is 1. The molecule has 0 spiro atoms. The van der Waals surface area contributed by atoms with Crippen molar-refractivity contribution in [2.45, 2.75) is 50.5 Å². The molecule has 0 radical (unpaired) electrons. The van der Waals surface area contributed by atoms with Crippen LogP contribution in [0.5, 0.6) is 0 Å². The molecule has 5 fully saturated rings. The highest BCUT2D eigenvalue weighted by molar-refractivity contribution is 7.99. The predicted molar refractivity (Wildman–Crippen MR) is 69.5 cm³/mol. The summed E-state index contributed by atoms with van der Waals surface area (Å²) in [6.07, 6.45) is 10.4. The molecule has 1 atom stereocenters. The van der Waals surface area contributed by atoms with Gasteiger partial charge in [-0.15, -0.1) is 0 Å². The van der Waals surface area contributed by atoms with Gasteiger partial charge in [-0.3, -0.25) is 0 Å². The minimum Gasteiger partial charge on any atom is -0.324 e. The van der Waals surface area contributed by atoms with Crippen molar-refractivity contribution in [3.63, 3.8) is 0 Å². The average molecular weight is 237 g/mol. The molecule has 2 heteroatoms. The van der Waals surface area contributed by atoms with Gasteiger partial charge in [-0.05, 0) is 73.9 Å². The Bertz CT molecular complexity index is 271. The highest BCUT2D eigenvalue weighted by atomic mass is 32.2. The molecule has 0 aromatic rings. The minimum atomic E-state index is 0.216. The smallest absolute Gasteiger partial charge is 0.0311 e. The van der Waals surface area contributed by atoms with E-state index in [1.807, 2.05) is 0 Å². The lowest BCUT2D eigenvalue weighted by Crippen LogP contribution is -2.62. The molecule has 0 aromatic heterocycles. The molecule has 5 rings (SSSR count). The fourth-order valence-corrected chi connectivity index (χ4v) is 7.19. The van der Waals surface area contributed by atoms with Crippen LogP contribution >= 0.6 is 11.8 Å². The van der Waals surface area contributed by atoms with Crippen molar-refractivity contribution in [3.05, 3.63) is 0 Å². The molecule has 4 aliphatic carbocycles. The molecule has 0 amide bonds. The zero-order valence-electron chi connectivity index (χ0n) is 10.1. The Kier molecular flexibility index (Phi) is 2.05. The molecule has 4 saturated carbocycles. The van der Waals surface area contributed by atoms with E-state index < -0.39 is 0 Å². The normalized spacial score (nSPS) is 59.4. The SMILES string of the molecule is NC1(C23CC4CC(CC(C4)C2)C3)CCSC1. The second-order valence-electron chi connectivity index (χ2n) is 7.16. The standard InChI is InChI=1S/C14H23NS/c15-14(1-2-16-9-14)13-6-10-3-11(7-13)5-12(4-10)8-13/h10-12H,1-9,15H2. The van der Waals surface area contributed by atoms with E-state index in [0.717, 1.165) is 17.8 Å². The Morgan fingerprint density at radius 2 is 1.50 bits per heavy atom. The van der Waals surface area contributed by atoms with Gasteiger partial charge < -0.3 is 5.73 Å². The maximum atomic E-state index is 6.84. The zero-order valence-corrected chi connectivity index (χ0v) is 10.9. The van der Waals surface area contributed by atoms with Gasteiger partial charge in [0.2, 0.25) is 0 Å². The monoisotopic (exact) mass is 237 g/mol. The summed E-state index contributed by atoms with van der Waals surface area (Å²) < 4.78 is 0.